The number of amidine groups is 1. The summed E-state index contributed by atoms with van der Waals surface area (Å²) >= 11 is 0. The van der Waals surface area contributed by atoms with Crippen molar-refractivity contribution in [2.75, 3.05) is 26.8 Å². The first-order valence-electron chi connectivity index (χ1n) is 9.16. The van der Waals surface area contributed by atoms with Crippen LogP contribution in [0.25, 0.3) is 0 Å². The summed E-state index contributed by atoms with van der Waals surface area (Å²) in [5, 5.41) is 0. The van der Waals surface area contributed by atoms with Gasteiger partial charge in [-0.1, -0.05) is 33.6 Å². The van der Waals surface area contributed by atoms with E-state index in [0.717, 1.165) is 25.1 Å². The molecule has 2 rings (SSSR count). The van der Waals surface area contributed by atoms with Crippen LogP contribution in [0.5, 0.6) is 0 Å². The predicted octanol–water partition coefficient (Wildman–Crippen LogP) is 3.18. The number of alkyl halides is 1. The SMILES string of the molecule is CCC.CCCCC1=NC2(CCN(C(=O)CCF)CC2)C(=O)N1C. The third-order valence-corrected chi connectivity index (χ3v) is 4.44. The molecule has 0 saturated carbocycles. The van der Waals surface area contributed by atoms with Crippen LogP contribution in [0, 0.1) is 0 Å². The normalized spacial score (nSPS) is 19.2. The molecular formula is C18H32FN3O2. The van der Waals surface area contributed by atoms with Gasteiger partial charge in [0.05, 0.1) is 13.1 Å². The lowest BCUT2D eigenvalue weighted by atomic mass is 9.87. The van der Waals surface area contributed by atoms with Crippen LogP contribution in [0.2, 0.25) is 0 Å². The Morgan fingerprint density at radius 1 is 1.25 bits per heavy atom. The summed E-state index contributed by atoms with van der Waals surface area (Å²) in [7, 11) is 1.78. The lowest BCUT2D eigenvalue weighted by molar-refractivity contribution is -0.138. The lowest BCUT2D eigenvalue weighted by Gasteiger charge is -2.36. The largest absolute Gasteiger partial charge is 0.342 e. The second kappa shape index (κ2) is 9.74. The van der Waals surface area contributed by atoms with Gasteiger partial charge >= 0.3 is 0 Å². The van der Waals surface area contributed by atoms with Crippen molar-refractivity contribution in [1.82, 2.24) is 9.80 Å². The number of unbranched alkanes of at least 4 members (excludes halogenated alkanes) is 1. The number of halogens is 1. The van der Waals surface area contributed by atoms with Crippen molar-refractivity contribution in [3.05, 3.63) is 0 Å². The minimum absolute atomic E-state index is 0.0474. The molecular weight excluding hydrogens is 309 g/mol. The molecule has 0 aromatic heterocycles. The monoisotopic (exact) mass is 341 g/mol. The van der Waals surface area contributed by atoms with Crippen molar-refractivity contribution in [2.45, 2.75) is 71.3 Å². The van der Waals surface area contributed by atoms with Crippen molar-refractivity contribution >= 4 is 17.6 Å². The van der Waals surface area contributed by atoms with E-state index in [2.05, 4.69) is 20.8 Å². The van der Waals surface area contributed by atoms with Crippen LogP contribution < -0.4 is 0 Å². The zero-order valence-electron chi connectivity index (χ0n) is 15.6. The number of amides is 2. The number of nitrogens with zero attached hydrogens (tertiary/aromatic N) is 3. The van der Waals surface area contributed by atoms with E-state index in [9.17, 15) is 14.0 Å². The quantitative estimate of drug-likeness (QED) is 0.771. The molecule has 0 atom stereocenters. The number of rotatable bonds is 5. The summed E-state index contributed by atoms with van der Waals surface area (Å²) in [5.74, 6) is 0.748. The summed E-state index contributed by atoms with van der Waals surface area (Å²) < 4.78 is 12.2. The molecule has 138 valence electrons. The molecule has 2 heterocycles. The van der Waals surface area contributed by atoms with E-state index in [1.54, 1.807) is 16.8 Å². The van der Waals surface area contributed by atoms with E-state index in [1.165, 1.54) is 6.42 Å². The summed E-state index contributed by atoms with van der Waals surface area (Å²) in [4.78, 5) is 32.2. The van der Waals surface area contributed by atoms with E-state index in [0.29, 0.717) is 25.9 Å². The van der Waals surface area contributed by atoms with Crippen LogP contribution in [0.3, 0.4) is 0 Å². The fourth-order valence-corrected chi connectivity index (χ4v) is 3.05. The van der Waals surface area contributed by atoms with Crippen LogP contribution in [-0.2, 0) is 9.59 Å². The van der Waals surface area contributed by atoms with Crippen LogP contribution >= 0.6 is 0 Å². The minimum atomic E-state index is -0.676. The van der Waals surface area contributed by atoms with Crippen molar-refractivity contribution in [3.63, 3.8) is 0 Å². The Balaban J connectivity index is 0.000000891. The second-order valence-electron chi connectivity index (χ2n) is 6.55. The van der Waals surface area contributed by atoms with Crippen molar-refractivity contribution in [1.29, 1.82) is 0 Å². The van der Waals surface area contributed by atoms with Gasteiger partial charge in [-0.25, -0.2) is 0 Å². The van der Waals surface area contributed by atoms with Gasteiger partial charge in [-0.05, 0) is 19.3 Å². The highest BCUT2D eigenvalue weighted by Crippen LogP contribution is 2.34. The highest BCUT2D eigenvalue weighted by molar-refractivity contribution is 6.08. The first-order chi connectivity index (χ1) is 11.5. The Morgan fingerprint density at radius 3 is 2.33 bits per heavy atom. The molecule has 1 fully saturated rings. The highest BCUT2D eigenvalue weighted by Gasteiger charge is 2.48. The zero-order valence-corrected chi connectivity index (χ0v) is 15.6. The number of likely N-dealkylation sites (N-methyl/N-ethyl adjacent to an activating group) is 1. The van der Waals surface area contributed by atoms with Gasteiger partial charge in [0.2, 0.25) is 5.91 Å². The van der Waals surface area contributed by atoms with Crippen LogP contribution in [0.4, 0.5) is 4.39 Å². The van der Waals surface area contributed by atoms with E-state index < -0.39 is 12.2 Å². The minimum Gasteiger partial charge on any atom is -0.342 e. The predicted molar refractivity (Wildman–Crippen MR) is 94.8 cm³/mol. The van der Waals surface area contributed by atoms with Gasteiger partial charge in [0, 0.05) is 26.6 Å². The molecule has 2 amide bonds. The Morgan fingerprint density at radius 2 is 1.83 bits per heavy atom. The number of aliphatic imine (C=N–C) groups is 1. The molecule has 2 aliphatic heterocycles. The molecule has 5 nitrogen and oxygen atoms in total. The summed E-state index contributed by atoms with van der Waals surface area (Å²) in [6, 6.07) is 0. The molecule has 0 bridgehead atoms. The zero-order chi connectivity index (χ0) is 18.2. The standard InChI is InChI=1S/C15H24FN3O2.C3H8/c1-3-4-5-12-17-15(14(21)18(12)2)7-10-19(11-8-15)13(20)6-9-16;1-3-2/h3-11H2,1-2H3;3H2,1-2H3. The van der Waals surface area contributed by atoms with E-state index in [4.69, 9.17) is 4.99 Å². The average Bonchev–Trinajstić information content (AvgIpc) is 2.79. The topological polar surface area (TPSA) is 53.0 Å². The molecule has 0 aliphatic carbocycles. The maximum atomic E-state index is 12.5. The Kier molecular flexibility index (Phi) is 8.36. The van der Waals surface area contributed by atoms with Gasteiger partial charge < -0.3 is 9.80 Å². The number of carbonyl (C=O) groups is 2. The number of likely N-dealkylation sites (tertiary alicyclic amines) is 1. The molecule has 1 saturated heterocycles. The number of hydrogen-bond donors (Lipinski definition) is 0. The fraction of sp³-hybridized carbons (Fsp3) is 0.833. The smallest absolute Gasteiger partial charge is 0.255 e. The van der Waals surface area contributed by atoms with Gasteiger partial charge in [0.15, 0.2) is 0 Å². The third kappa shape index (κ3) is 4.77. The van der Waals surface area contributed by atoms with Gasteiger partial charge in [0.25, 0.3) is 5.91 Å². The van der Waals surface area contributed by atoms with Crippen molar-refractivity contribution < 1.29 is 14.0 Å². The van der Waals surface area contributed by atoms with E-state index >= 15 is 0 Å². The van der Waals surface area contributed by atoms with Crippen LogP contribution in [-0.4, -0.2) is 59.8 Å². The first-order valence-corrected chi connectivity index (χ1v) is 9.16. The van der Waals surface area contributed by atoms with Crippen molar-refractivity contribution in [3.8, 4) is 0 Å². The molecule has 2 aliphatic rings. The fourth-order valence-electron chi connectivity index (χ4n) is 3.05. The number of carbonyl (C=O) groups excluding carboxylic acids is 2. The molecule has 0 aromatic rings. The summed E-state index contributed by atoms with van der Waals surface area (Å²) in [6.45, 7) is 6.72. The Labute approximate surface area is 145 Å². The Bertz CT molecular complexity index is 457. The molecule has 0 N–H and O–H groups in total. The highest BCUT2D eigenvalue weighted by atomic mass is 19.1. The van der Waals surface area contributed by atoms with Gasteiger partial charge in [-0.15, -0.1) is 0 Å². The molecule has 1 spiro atoms. The molecule has 0 aromatic carbocycles. The second-order valence-corrected chi connectivity index (χ2v) is 6.55. The van der Waals surface area contributed by atoms with Crippen molar-refractivity contribution in [2.24, 2.45) is 4.99 Å². The van der Waals surface area contributed by atoms with Gasteiger partial charge in [0.1, 0.15) is 11.4 Å². The van der Waals surface area contributed by atoms with E-state index in [-0.39, 0.29) is 18.2 Å². The lowest BCUT2D eigenvalue weighted by Crippen LogP contribution is -2.50. The number of hydrogen-bond acceptors (Lipinski definition) is 3. The third-order valence-electron chi connectivity index (χ3n) is 4.44. The molecule has 0 radical (unpaired) electrons. The van der Waals surface area contributed by atoms with Crippen LogP contribution in [0.1, 0.15) is 65.7 Å². The van der Waals surface area contributed by atoms with E-state index in [1.807, 2.05) is 0 Å². The Hall–Kier alpha value is -1.46. The maximum Gasteiger partial charge on any atom is 0.255 e. The summed E-state index contributed by atoms with van der Waals surface area (Å²) in [5.41, 5.74) is -0.676. The maximum absolute atomic E-state index is 12.5. The molecule has 6 heteroatoms. The van der Waals surface area contributed by atoms with Gasteiger partial charge in [-0.3, -0.25) is 19.0 Å². The molecule has 0 unspecified atom stereocenters. The first kappa shape index (κ1) is 20.6. The molecule has 24 heavy (non-hydrogen) atoms. The van der Waals surface area contributed by atoms with Gasteiger partial charge in [-0.2, -0.15) is 0 Å². The summed E-state index contributed by atoms with van der Waals surface area (Å²) in [6.07, 6.45) is 5.19. The van der Waals surface area contributed by atoms with Crippen LogP contribution in [0.15, 0.2) is 4.99 Å². The average molecular weight is 341 g/mol. The number of piperidine rings is 1.